The third-order valence-corrected chi connectivity index (χ3v) is 4.64. The number of ether oxygens (including phenoxy) is 2. The minimum Gasteiger partial charge on any atom is -0.454 e. The smallest absolute Gasteiger partial charge is 0.254 e. The minimum absolute atomic E-state index is 0.0102. The first kappa shape index (κ1) is 14.4. The van der Waals surface area contributed by atoms with Crippen LogP contribution in [0.2, 0.25) is 0 Å². The molecule has 1 saturated heterocycles. The highest BCUT2D eigenvalue weighted by Gasteiger charge is 2.34. The Balaban J connectivity index is 1.43. The van der Waals surface area contributed by atoms with E-state index >= 15 is 0 Å². The zero-order valence-corrected chi connectivity index (χ0v) is 13.0. The first-order valence-electron chi connectivity index (χ1n) is 8.20. The summed E-state index contributed by atoms with van der Waals surface area (Å²) in [5.74, 6) is 1.80. The summed E-state index contributed by atoms with van der Waals surface area (Å²) < 4.78 is 10.6. The fourth-order valence-electron chi connectivity index (χ4n) is 3.14. The monoisotopic (exact) mass is 316 g/mol. The largest absolute Gasteiger partial charge is 0.454 e. The van der Waals surface area contributed by atoms with Crippen LogP contribution in [-0.2, 0) is 4.79 Å². The lowest BCUT2D eigenvalue weighted by Crippen LogP contribution is -2.37. The third-order valence-electron chi connectivity index (χ3n) is 4.64. The molecule has 122 valence electrons. The molecule has 0 spiro atoms. The van der Waals surface area contributed by atoms with Crippen molar-refractivity contribution in [2.24, 2.45) is 5.92 Å². The average molecular weight is 316 g/mol. The first-order valence-corrected chi connectivity index (χ1v) is 8.20. The number of nitrogens with zero attached hydrogens (tertiary/aromatic N) is 2. The maximum Gasteiger partial charge on any atom is 0.254 e. The van der Waals surface area contributed by atoms with E-state index in [2.05, 4.69) is 0 Å². The van der Waals surface area contributed by atoms with E-state index in [9.17, 15) is 9.59 Å². The van der Waals surface area contributed by atoms with E-state index in [1.54, 1.807) is 18.2 Å². The Morgan fingerprint density at radius 2 is 1.70 bits per heavy atom. The summed E-state index contributed by atoms with van der Waals surface area (Å²) in [6.45, 7) is 2.86. The lowest BCUT2D eigenvalue weighted by Gasteiger charge is -2.22. The average Bonchev–Trinajstić information content (AvgIpc) is 3.35. The number of benzene rings is 1. The van der Waals surface area contributed by atoms with Crippen molar-refractivity contribution in [3.05, 3.63) is 23.8 Å². The van der Waals surface area contributed by atoms with Gasteiger partial charge in [-0.3, -0.25) is 9.59 Å². The van der Waals surface area contributed by atoms with Crippen LogP contribution >= 0.6 is 0 Å². The molecule has 2 heterocycles. The van der Waals surface area contributed by atoms with Crippen LogP contribution in [0.4, 0.5) is 0 Å². The zero-order valence-electron chi connectivity index (χ0n) is 13.0. The molecule has 0 bridgehead atoms. The minimum atomic E-state index is -0.0102. The highest BCUT2D eigenvalue weighted by Crippen LogP contribution is 2.33. The predicted octanol–water partition coefficient (Wildman–Crippen LogP) is 1.50. The van der Waals surface area contributed by atoms with Gasteiger partial charge in [-0.1, -0.05) is 0 Å². The molecule has 2 amide bonds. The van der Waals surface area contributed by atoms with Crippen LogP contribution in [0.25, 0.3) is 0 Å². The fraction of sp³-hybridized carbons (Fsp3) is 0.529. The fourth-order valence-corrected chi connectivity index (χ4v) is 3.14. The van der Waals surface area contributed by atoms with Gasteiger partial charge in [-0.15, -0.1) is 0 Å². The summed E-state index contributed by atoms with van der Waals surface area (Å²) in [4.78, 5) is 28.6. The number of rotatable bonds is 2. The number of hydrogen-bond acceptors (Lipinski definition) is 4. The van der Waals surface area contributed by atoms with Crippen molar-refractivity contribution >= 4 is 11.8 Å². The standard InChI is InChI=1S/C17H20N2O4/c20-16(12-2-3-12)18-6-1-7-19(9-8-18)17(21)13-4-5-14-15(10-13)23-11-22-14/h4-5,10,12H,1-3,6-9,11H2. The number of fused-ring (bicyclic) bond motifs is 1. The highest BCUT2D eigenvalue weighted by atomic mass is 16.7. The molecule has 1 aromatic carbocycles. The van der Waals surface area contributed by atoms with Crippen LogP contribution in [0.1, 0.15) is 29.6 Å². The molecular formula is C17H20N2O4. The number of carbonyl (C=O) groups is 2. The van der Waals surface area contributed by atoms with Gasteiger partial charge in [0, 0.05) is 37.7 Å². The molecule has 1 saturated carbocycles. The normalized spacial score (nSPS) is 20.3. The quantitative estimate of drug-likeness (QED) is 0.830. The van der Waals surface area contributed by atoms with Gasteiger partial charge >= 0.3 is 0 Å². The van der Waals surface area contributed by atoms with Crippen LogP contribution < -0.4 is 9.47 Å². The van der Waals surface area contributed by atoms with Gasteiger partial charge in [0.1, 0.15) is 0 Å². The molecule has 3 aliphatic rings. The van der Waals surface area contributed by atoms with E-state index in [4.69, 9.17) is 9.47 Å². The van der Waals surface area contributed by atoms with Gasteiger partial charge in [-0.05, 0) is 37.5 Å². The van der Waals surface area contributed by atoms with Gasteiger partial charge in [0.2, 0.25) is 12.7 Å². The summed E-state index contributed by atoms with van der Waals surface area (Å²) in [5.41, 5.74) is 0.608. The summed E-state index contributed by atoms with van der Waals surface area (Å²) in [6, 6.07) is 5.28. The molecule has 0 aromatic heterocycles. The van der Waals surface area contributed by atoms with Crippen LogP contribution in [0.15, 0.2) is 18.2 Å². The van der Waals surface area contributed by atoms with Crippen molar-refractivity contribution in [1.29, 1.82) is 0 Å². The van der Waals surface area contributed by atoms with Crippen molar-refractivity contribution in [3.8, 4) is 11.5 Å². The molecule has 6 heteroatoms. The maximum absolute atomic E-state index is 12.7. The lowest BCUT2D eigenvalue weighted by molar-refractivity contribution is -0.132. The molecule has 1 aromatic rings. The van der Waals surface area contributed by atoms with Gasteiger partial charge in [-0.25, -0.2) is 0 Å². The molecule has 0 N–H and O–H groups in total. The molecule has 4 rings (SSSR count). The van der Waals surface area contributed by atoms with E-state index in [0.29, 0.717) is 36.7 Å². The molecule has 2 fully saturated rings. The van der Waals surface area contributed by atoms with Gasteiger partial charge in [0.25, 0.3) is 5.91 Å². The maximum atomic E-state index is 12.7. The van der Waals surface area contributed by atoms with Crippen molar-refractivity contribution in [2.45, 2.75) is 19.3 Å². The van der Waals surface area contributed by atoms with E-state index < -0.39 is 0 Å². The van der Waals surface area contributed by atoms with Crippen molar-refractivity contribution in [3.63, 3.8) is 0 Å². The molecule has 0 atom stereocenters. The van der Waals surface area contributed by atoms with E-state index in [1.165, 1.54) is 0 Å². The predicted molar refractivity (Wildman–Crippen MR) is 82.4 cm³/mol. The number of hydrogen-bond donors (Lipinski definition) is 0. The summed E-state index contributed by atoms with van der Waals surface area (Å²) in [5, 5.41) is 0. The van der Waals surface area contributed by atoms with Gasteiger partial charge in [0.05, 0.1) is 0 Å². The molecule has 6 nitrogen and oxygen atoms in total. The molecule has 1 aliphatic carbocycles. The molecular weight excluding hydrogens is 296 g/mol. The van der Waals surface area contributed by atoms with Crippen LogP contribution in [0, 0.1) is 5.92 Å². The summed E-state index contributed by atoms with van der Waals surface area (Å²) >= 11 is 0. The second-order valence-corrected chi connectivity index (χ2v) is 6.31. The van der Waals surface area contributed by atoms with E-state index in [-0.39, 0.29) is 24.5 Å². The molecule has 0 unspecified atom stereocenters. The molecule has 0 radical (unpaired) electrons. The van der Waals surface area contributed by atoms with Crippen LogP contribution in [0.3, 0.4) is 0 Å². The summed E-state index contributed by atoms with van der Waals surface area (Å²) in [7, 11) is 0. The third kappa shape index (κ3) is 2.85. The van der Waals surface area contributed by atoms with Crippen molar-refractivity contribution in [1.82, 2.24) is 9.80 Å². The second-order valence-electron chi connectivity index (χ2n) is 6.31. The Labute approximate surface area is 134 Å². The highest BCUT2D eigenvalue weighted by molar-refractivity contribution is 5.95. The Kier molecular flexibility index (Phi) is 3.59. The zero-order chi connectivity index (χ0) is 15.8. The first-order chi connectivity index (χ1) is 11.2. The van der Waals surface area contributed by atoms with E-state index in [0.717, 1.165) is 25.8 Å². The second kappa shape index (κ2) is 5.76. The Bertz CT molecular complexity index is 641. The lowest BCUT2D eigenvalue weighted by atomic mass is 10.1. The number of amides is 2. The van der Waals surface area contributed by atoms with E-state index in [1.807, 2.05) is 9.80 Å². The van der Waals surface area contributed by atoms with Crippen LogP contribution in [0.5, 0.6) is 11.5 Å². The van der Waals surface area contributed by atoms with Crippen molar-refractivity contribution < 1.29 is 19.1 Å². The Morgan fingerprint density at radius 3 is 2.52 bits per heavy atom. The topological polar surface area (TPSA) is 59.1 Å². The number of carbonyl (C=O) groups excluding carboxylic acids is 2. The Hall–Kier alpha value is -2.24. The summed E-state index contributed by atoms with van der Waals surface area (Å²) in [6.07, 6.45) is 2.87. The van der Waals surface area contributed by atoms with Crippen LogP contribution in [-0.4, -0.2) is 54.6 Å². The van der Waals surface area contributed by atoms with Gasteiger partial charge in [-0.2, -0.15) is 0 Å². The SMILES string of the molecule is O=C(c1ccc2c(c1)OCO2)N1CCCN(C(=O)C2CC2)CC1. The molecule has 23 heavy (non-hydrogen) atoms. The molecule has 2 aliphatic heterocycles. The van der Waals surface area contributed by atoms with Gasteiger partial charge in [0.15, 0.2) is 11.5 Å². The Morgan fingerprint density at radius 1 is 0.957 bits per heavy atom. The van der Waals surface area contributed by atoms with Gasteiger partial charge < -0.3 is 19.3 Å². The van der Waals surface area contributed by atoms with Crippen molar-refractivity contribution in [2.75, 3.05) is 33.0 Å².